The minimum Gasteiger partial charge on any atom is -0.652 e. The summed E-state index contributed by atoms with van der Waals surface area (Å²) in [5.74, 6) is 0. The predicted molar refractivity (Wildman–Crippen MR) is 24.2 cm³/mol. The maximum absolute atomic E-state index is 8.33. The van der Waals surface area contributed by atoms with E-state index in [9.17, 15) is 0 Å². The molecular formula is C2H4Cl2O3. The molecule has 5 heteroatoms. The molecule has 0 rings (SSSR count). The van der Waals surface area contributed by atoms with E-state index in [1.54, 1.807) is 0 Å². The van der Waals surface area contributed by atoms with Gasteiger partial charge in [0.2, 0.25) is 0 Å². The molecule has 0 fully saturated rings. The largest absolute Gasteiger partial charge is 1.00 e. The fourth-order valence-corrected chi connectivity index (χ4v) is 0. The Morgan fingerprint density at radius 1 is 1.57 bits per heavy atom. The van der Waals surface area contributed by atoms with E-state index in [-0.39, 0.29) is 8.19 Å². The van der Waals surface area contributed by atoms with Crippen LogP contribution in [-0.2, 0) is 0 Å². The van der Waals surface area contributed by atoms with Crippen LogP contribution in [0.15, 0.2) is 0 Å². The number of carboxylic acid groups (broad SMARTS) is 2. The second kappa shape index (κ2) is 9.28. The number of rotatable bonds is 0. The van der Waals surface area contributed by atoms with Gasteiger partial charge in [0.05, 0.1) is 5.34 Å². The van der Waals surface area contributed by atoms with Crippen LogP contribution in [0.1, 0.15) is 2.85 Å². The average molecular weight is 147 g/mol. The summed E-state index contributed by atoms with van der Waals surface area (Å²) in [6.07, 6.45) is -2.33. The molecule has 0 aliphatic carbocycles. The number of halogens is 2. The highest BCUT2D eigenvalue weighted by molar-refractivity contribution is 6.40. The SMILES string of the molecule is ClCCl.O=C([O-])[O-].[H+].[H+]. The monoisotopic (exact) mass is 146 g/mol. The highest BCUT2D eigenvalue weighted by Crippen LogP contribution is 1.73. The molecule has 0 heterocycles. The fourth-order valence-electron chi connectivity index (χ4n) is 0. The maximum Gasteiger partial charge on any atom is 1.00 e. The quantitative estimate of drug-likeness (QED) is 0.421. The summed E-state index contributed by atoms with van der Waals surface area (Å²) in [6.45, 7) is 0. The molecule has 0 spiro atoms. The molecule has 0 aliphatic rings. The first-order chi connectivity index (χ1) is 3.15. The Balaban J connectivity index is -0.0000000233. The van der Waals surface area contributed by atoms with Crippen LogP contribution < -0.4 is 10.2 Å². The molecule has 0 amide bonds. The minimum absolute atomic E-state index is 0. The first kappa shape index (κ1) is 9.97. The molecule has 0 bridgehead atoms. The van der Waals surface area contributed by atoms with Crippen molar-refractivity contribution in [2.45, 2.75) is 0 Å². The average Bonchev–Trinajstić information content (AvgIpc) is 1.33. The van der Waals surface area contributed by atoms with Crippen molar-refractivity contribution in [2.75, 3.05) is 5.34 Å². The maximum atomic E-state index is 8.33. The van der Waals surface area contributed by atoms with E-state index in [0.717, 1.165) is 0 Å². The summed E-state index contributed by atoms with van der Waals surface area (Å²) < 4.78 is 0. The topological polar surface area (TPSA) is 63.2 Å². The zero-order valence-corrected chi connectivity index (χ0v) is 4.70. The fraction of sp³-hybridized carbons (Fsp3) is 0.500. The summed E-state index contributed by atoms with van der Waals surface area (Å²) in [7, 11) is 0. The molecule has 44 valence electrons. The van der Waals surface area contributed by atoms with E-state index in [0.29, 0.717) is 0 Å². The highest BCUT2D eigenvalue weighted by atomic mass is 35.5. The number of carbonyl (C=O) groups excluding carboxylic acids is 1. The van der Waals surface area contributed by atoms with Crippen molar-refractivity contribution in [3.8, 4) is 0 Å². The molecule has 0 atom stereocenters. The predicted octanol–water partition coefficient (Wildman–Crippen LogP) is -0.800. The summed E-state index contributed by atoms with van der Waals surface area (Å²) in [4.78, 5) is 8.33. The summed E-state index contributed by atoms with van der Waals surface area (Å²) >= 11 is 9.53. The van der Waals surface area contributed by atoms with E-state index in [1.165, 1.54) is 0 Å². The normalized spacial score (nSPS) is 6.00. The van der Waals surface area contributed by atoms with E-state index in [1.807, 2.05) is 0 Å². The lowest BCUT2D eigenvalue weighted by atomic mass is 11.5. The van der Waals surface area contributed by atoms with Crippen LogP contribution >= 0.6 is 23.2 Å². The van der Waals surface area contributed by atoms with Gasteiger partial charge in [-0.3, -0.25) is 0 Å². The van der Waals surface area contributed by atoms with Gasteiger partial charge in [-0.15, -0.1) is 23.2 Å². The van der Waals surface area contributed by atoms with Gasteiger partial charge in [0, 0.05) is 0 Å². The van der Waals surface area contributed by atoms with Crippen LogP contribution in [-0.4, -0.2) is 11.5 Å². The lowest BCUT2D eigenvalue weighted by molar-refractivity contribution is -0.415. The van der Waals surface area contributed by atoms with Crippen molar-refractivity contribution >= 4 is 29.4 Å². The highest BCUT2D eigenvalue weighted by Gasteiger charge is 1.41. The third-order valence-corrected chi connectivity index (χ3v) is 0. The molecule has 0 aliphatic heterocycles. The first-order valence-corrected chi connectivity index (χ1v) is 2.22. The van der Waals surface area contributed by atoms with Gasteiger partial charge in [-0.05, 0) is 6.16 Å². The van der Waals surface area contributed by atoms with E-state index in [4.69, 9.17) is 38.2 Å². The van der Waals surface area contributed by atoms with Gasteiger partial charge in [0.25, 0.3) is 0 Å². The lowest BCUT2D eigenvalue weighted by Crippen LogP contribution is -2.37. The van der Waals surface area contributed by atoms with Crippen LogP contribution in [0.3, 0.4) is 0 Å². The Morgan fingerprint density at radius 2 is 1.57 bits per heavy atom. The first-order valence-electron chi connectivity index (χ1n) is 1.15. The van der Waals surface area contributed by atoms with Crippen molar-refractivity contribution < 1.29 is 17.9 Å². The van der Waals surface area contributed by atoms with Gasteiger partial charge in [-0.1, -0.05) is 0 Å². The van der Waals surface area contributed by atoms with Crippen molar-refractivity contribution in [3.05, 3.63) is 0 Å². The van der Waals surface area contributed by atoms with E-state index in [2.05, 4.69) is 0 Å². The van der Waals surface area contributed by atoms with Crippen LogP contribution in [0.25, 0.3) is 0 Å². The Hall–Kier alpha value is -0.150. The van der Waals surface area contributed by atoms with Gasteiger partial charge in [-0.25, -0.2) is 0 Å². The van der Waals surface area contributed by atoms with Crippen molar-refractivity contribution in [1.29, 1.82) is 0 Å². The van der Waals surface area contributed by atoms with Gasteiger partial charge < -0.3 is 15.0 Å². The Bertz CT molecular complexity index is 49.1. The molecule has 3 nitrogen and oxygen atoms in total. The molecule has 0 radical (unpaired) electrons. The summed E-state index contributed by atoms with van der Waals surface area (Å²) in [6, 6.07) is 0. The summed E-state index contributed by atoms with van der Waals surface area (Å²) in [5.41, 5.74) is 0. The third-order valence-electron chi connectivity index (χ3n) is 0. The van der Waals surface area contributed by atoms with Crippen molar-refractivity contribution in [2.24, 2.45) is 0 Å². The van der Waals surface area contributed by atoms with Crippen LogP contribution in [0.5, 0.6) is 0 Å². The third kappa shape index (κ3) is 3850. The van der Waals surface area contributed by atoms with Crippen LogP contribution in [0.4, 0.5) is 4.79 Å². The minimum atomic E-state index is -2.33. The molecule has 0 saturated heterocycles. The zero-order valence-electron chi connectivity index (χ0n) is 5.19. The Labute approximate surface area is 53.4 Å². The molecule has 0 N–H and O–H groups in total. The Morgan fingerprint density at radius 3 is 1.57 bits per heavy atom. The van der Waals surface area contributed by atoms with E-state index >= 15 is 0 Å². The second-order valence-corrected chi connectivity index (χ2v) is 1.16. The van der Waals surface area contributed by atoms with Crippen molar-refractivity contribution in [1.82, 2.24) is 0 Å². The molecule has 0 saturated carbocycles. The van der Waals surface area contributed by atoms with Crippen LogP contribution in [0, 0.1) is 0 Å². The summed E-state index contributed by atoms with van der Waals surface area (Å²) in [5, 5.41) is 16.9. The smallest absolute Gasteiger partial charge is 0.652 e. The number of hydrogen-bond donors (Lipinski definition) is 0. The molecule has 0 aromatic rings. The standard InChI is InChI=1S/CH2Cl2.CH2O3/c2-1-3;2-1(3)4/h1H2;(H2,2,3,4). The number of carbonyl (C=O) groups is 1. The molecule has 0 aromatic heterocycles. The zero-order chi connectivity index (χ0) is 6.28. The molecule has 7 heavy (non-hydrogen) atoms. The van der Waals surface area contributed by atoms with Gasteiger partial charge in [0.1, 0.15) is 0 Å². The van der Waals surface area contributed by atoms with Gasteiger partial charge in [-0.2, -0.15) is 0 Å². The van der Waals surface area contributed by atoms with Crippen LogP contribution in [0.2, 0.25) is 0 Å². The molecule has 0 unspecified atom stereocenters. The molecule has 0 aromatic carbocycles. The van der Waals surface area contributed by atoms with Crippen molar-refractivity contribution in [3.63, 3.8) is 0 Å². The van der Waals surface area contributed by atoms with Gasteiger partial charge in [0.15, 0.2) is 0 Å². The Kier molecular flexibility index (Phi) is 13.2. The molecular weight excluding hydrogens is 143 g/mol. The number of alkyl halides is 2. The van der Waals surface area contributed by atoms with Gasteiger partial charge >= 0.3 is 2.85 Å². The van der Waals surface area contributed by atoms with E-state index < -0.39 is 6.16 Å². The number of hydrogen-bond acceptors (Lipinski definition) is 3. The lowest BCUT2D eigenvalue weighted by Gasteiger charge is -1.96. The second-order valence-electron chi connectivity index (χ2n) is 0.351.